The molecule has 18 heavy (non-hydrogen) atoms. The molecule has 2 fully saturated rings. The Labute approximate surface area is 107 Å². The Hall–Kier alpha value is -1.11. The lowest BCUT2D eigenvalue weighted by atomic mass is 10.3. The molecule has 0 bridgehead atoms. The molecule has 0 aromatic heterocycles. The van der Waals surface area contributed by atoms with E-state index in [1.807, 2.05) is 0 Å². The highest BCUT2D eigenvalue weighted by Crippen LogP contribution is 2.25. The Kier molecular flexibility index (Phi) is 2.80. The number of nitrogens with one attached hydrogen (secondary N) is 2. The van der Waals surface area contributed by atoms with Crippen molar-refractivity contribution in [1.29, 1.82) is 0 Å². The zero-order valence-corrected chi connectivity index (χ0v) is 10.8. The van der Waals surface area contributed by atoms with Crippen molar-refractivity contribution in [3.63, 3.8) is 0 Å². The molecule has 3 rings (SSSR count). The first kappa shape index (κ1) is 12.0. The molecule has 0 heterocycles. The van der Waals surface area contributed by atoms with Crippen LogP contribution in [0.5, 0.6) is 0 Å². The minimum Gasteiger partial charge on any atom is -0.381 e. The molecule has 2 aliphatic rings. The van der Waals surface area contributed by atoms with Crippen LogP contribution in [0.1, 0.15) is 19.3 Å². The van der Waals surface area contributed by atoms with Crippen molar-refractivity contribution < 1.29 is 8.42 Å². The summed E-state index contributed by atoms with van der Waals surface area (Å²) < 4.78 is 26.5. The van der Waals surface area contributed by atoms with Gasteiger partial charge in [-0.25, -0.2) is 13.1 Å². The van der Waals surface area contributed by atoms with Gasteiger partial charge < -0.3 is 11.1 Å². The number of rotatable bonds is 5. The molecule has 5 nitrogen and oxygen atoms in total. The third-order valence-electron chi connectivity index (χ3n) is 3.26. The van der Waals surface area contributed by atoms with E-state index in [9.17, 15) is 8.42 Å². The van der Waals surface area contributed by atoms with Crippen molar-refractivity contribution in [1.82, 2.24) is 4.72 Å². The lowest BCUT2D eigenvalue weighted by molar-refractivity contribution is 0.581. The third-order valence-corrected chi connectivity index (χ3v) is 4.79. The van der Waals surface area contributed by atoms with Gasteiger partial charge in [-0.3, -0.25) is 0 Å². The maximum atomic E-state index is 11.9. The Bertz CT molecular complexity index is 537. The first-order valence-electron chi connectivity index (χ1n) is 6.19. The summed E-state index contributed by atoms with van der Waals surface area (Å²) in [5.41, 5.74) is 6.62. The van der Waals surface area contributed by atoms with Gasteiger partial charge in [0.2, 0.25) is 10.0 Å². The summed E-state index contributed by atoms with van der Waals surface area (Å²) in [6.45, 7) is 0. The van der Waals surface area contributed by atoms with E-state index < -0.39 is 10.0 Å². The molecule has 2 atom stereocenters. The van der Waals surface area contributed by atoms with E-state index in [0.29, 0.717) is 10.9 Å². The fourth-order valence-corrected chi connectivity index (χ4v) is 3.12. The van der Waals surface area contributed by atoms with Crippen LogP contribution in [-0.2, 0) is 10.0 Å². The van der Waals surface area contributed by atoms with Crippen LogP contribution in [0.15, 0.2) is 29.2 Å². The molecule has 2 aliphatic carbocycles. The van der Waals surface area contributed by atoms with Crippen LogP contribution in [0.4, 0.5) is 5.69 Å². The predicted molar refractivity (Wildman–Crippen MR) is 69.8 cm³/mol. The average molecular weight is 267 g/mol. The van der Waals surface area contributed by atoms with Gasteiger partial charge in [0.15, 0.2) is 0 Å². The summed E-state index contributed by atoms with van der Waals surface area (Å²) in [5.74, 6) is 0. The quantitative estimate of drug-likeness (QED) is 0.731. The molecular weight excluding hydrogens is 250 g/mol. The van der Waals surface area contributed by atoms with E-state index in [-0.39, 0.29) is 12.1 Å². The molecule has 0 saturated heterocycles. The van der Waals surface area contributed by atoms with Gasteiger partial charge >= 0.3 is 0 Å². The molecule has 0 aliphatic heterocycles. The van der Waals surface area contributed by atoms with Gasteiger partial charge in [-0.2, -0.15) is 0 Å². The number of hydrogen-bond donors (Lipinski definition) is 3. The second kappa shape index (κ2) is 4.22. The van der Waals surface area contributed by atoms with Crippen LogP contribution in [0, 0.1) is 0 Å². The summed E-state index contributed by atoms with van der Waals surface area (Å²) in [5, 5.41) is 3.26. The Balaban J connectivity index is 1.69. The van der Waals surface area contributed by atoms with E-state index >= 15 is 0 Å². The van der Waals surface area contributed by atoms with Gasteiger partial charge in [-0.1, -0.05) is 0 Å². The van der Waals surface area contributed by atoms with Crippen LogP contribution < -0.4 is 15.8 Å². The highest BCUT2D eigenvalue weighted by Gasteiger charge is 2.33. The number of anilines is 1. The molecule has 0 radical (unpaired) electrons. The summed E-state index contributed by atoms with van der Waals surface area (Å²) in [6, 6.07) is 7.51. The smallest absolute Gasteiger partial charge is 0.240 e. The van der Waals surface area contributed by atoms with Crippen molar-refractivity contribution in [2.75, 3.05) is 5.32 Å². The zero-order chi connectivity index (χ0) is 12.8. The summed E-state index contributed by atoms with van der Waals surface area (Å²) in [6.07, 6.45) is 2.86. The predicted octanol–water partition coefficient (Wildman–Crippen LogP) is 0.639. The van der Waals surface area contributed by atoms with Gasteiger partial charge in [0.1, 0.15) is 0 Å². The average Bonchev–Trinajstić information content (AvgIpc) is 3.21. The molecule has 4 N–H and O–H groups in total. The molecule has 6 heteroatoms. The SMILES string of the molecule is NC1CC1Nc1ccc(S(=O)(=O)NC2CC2)cc1. The van der Waals surface area contributed by atoms with Crippen LogP contribution >= 0.6 is 0 Å². The maximum Gasteiger partial charge on any atom is 0.240 e. The highest BCUT2D eigenvalue weighted by molar-refractivity contribution is 7.89. The van der Waals surface area contributed by atoms with E-state index in [0.717, 1.165) is 24.9 Å². The third kappa shape index (κ3) is 2.66. The lowest BCUT2D eigenvalue weighted by Crippen LogP contribution is -2.25. The lowest BCUT2D eigenvalue weighted by Gasteiger charge is -2.08. The first-order chi connectivity index (χ1) is 8.54. The van der Waals surface area contributed by atoms with E-state index in [4.69, 9.17) is 5.73 Å². The standard InChI is InChI=1S/C12H17N3O2S/c13-11-7-12(11)14-8-3-5-10(6-4-8)18(16,17)15-9-1-2-9/h3-6,9,11-12,14-15H,1-2,7,13H2. The van der Waals surface area contributed by atoms with E-state index in [1.54, 1.807) is 24.3 Å². The number of hydrogen-bond acceptors (Lipinski definition) is 4. The number of sulfonamides is 1. The van der Waals surface area contributed by atoms with Gasteiger partial charge in [-0.15, -0.1) is 0 Å². The fraction of sp³-hybridized carbons (Fsp3) is 0.500. The summed E-state index contributed by atoms with van der Waals surface area (Å²) in [4.78, 5) is 0.319. The summed E-state index contributed by atoms with van der Waals surface area (Å²) >= 11 is 0. The van der Waals surface area contributed by atoms with Gasteiger partial charge in [0.25, 0.3) is 0 Å². The zero-order valence-electron chi connectivity index (χ0n) is 9.96. The Morgan fingerprint density at radius 1 is 1.17 bits per heavy atom. The van der Waals surface area contributed by atoms with Crippen molar-refractivity contribution >= 4 is 15.7 Å². The second-order valence-corrected chi connectivity index (χ2v) is 6.78. The summed E-state index contributed by atoms with van der Waals surface area (Å²) in [7, 11) is -3.34. The molecule has 98 valence electrons. The van der Waals surface area contributed by atoms with E-state index in [1.165, 1.54) is 0 Å². The molecule has 1 aromatic carbocycles. The Morgan fingerprint density at radius 2 is 1.78 bits per heavy atom. The van der Waals surface area contributed by atoms with Gasteiger partial charge in [0, 0.05) is 23.8 Å². The largest absolute Gasteiger partial charge is 0.381 e. The van der Waals surface area contributed by atoms with Crippen LogP contribution in [0.25, 0.3) is 0 Å². The molecule has 0 amide bonds. The minimum absolute atomic E-state index is 0.136. The molecular formula is C12H17N3O2S. The van der Waals surface area contributed by atoms with Crippen molar-refractivity contribution in [2.45, 2.75) is 42.3 Å². The molecule has 2 unspecified atom stereocenters. The number of benzene rings is 1. The number of nitrogens with two attached hydrogens (primary N) is 1. The normalized spacial score (nSPS) is 26.9. The van der Waals surface area contributed by atoms with Crippen LogP contribution in [0.2, 0.25) is 0 Å². The van der Waals surface area contributed by atoms with E-state index in [2.05, 4.69) is 10.0 Å². The minimum atomic E-state index is -3.34. The van der Waals surface area contributed by atoms with Gasteiger partial charge in [0.05, 0.1) is 4.90 Å². The topological polar surface area (TPSA) is 84.2 Å². The fourth-order valence-electron chi connectivity index (χ4n) is 1.81. The highest BCUT2D eigenvalue weighted by atomic mass is 32.2. The molecule has 0 spiro atoms. The molecule has 2 saturated carbocycles. The van der Waals surface area contributed by atoms with Crippen molar-refractivity contribution in [3.05, 3.63) is 24.3 Å². The first-order valence-corrected chi connectivity index (χ1v) is 7.67. The maximum absolute atomic E-state index is 11.9. The van der Waals surface area contributed by atoms with Gasteiger partial charge in [-0.05, 0) is 43.5 Å². The monoisotopic (exact) mass is 267 g/mol. The van der Waals surface area contributed by atoms with Crippen molar-refractivity contribution in [3.8, 4) is 0 Å². The molecule has 1 aromatic rings. The second-order valence-electron chi connectivity index (χ2n) is 5.07. The van der Waals surface area contributed by atoms with Crippen LogP contribution in [0.3, 0.4) is 0 Å². The van der Waals surface area contributed by atoms with Crippen molar-refractivity contribution in [2.24, 2.45) is 5.73 Å². The Morgan fingerprint density at radius 3 is 2.28 bits per heavy atom. The van der Waals surface area contributed by atoms with Crippen LogP contribution in [-0.4, -0.2) is 26.5 Å².